The van der Waals surface area contributed by atoms with Gasteiger partial charge in [-0.25, -0.2) is 0 Å². The molecule has 1 aliphatic carbocycles. The normalized spacial score (nSPS) is 19.1. The van der Waals surface area contributed by atoms with E-state index in [-0.39, 0.29) is 12.3 Å². The average molecular weight is 391 g/mol. The summed E-state index contributed by atoms with van der Waals surface area (Å²) in [5.41, 5.74) is 3.59. The predicted octanol–water partition coefficient (Wildman–Crippen LogP) is 6.39. The number of carbonyl (C=O) groups is 2. The van der Waals surface area contributed by atoms with E-state index < -0.39 is 5.97 Å². The van der Waals surface area contributed by atoms with Crippen molar-refractivity contribution >= 4 is 17.8 Å². The molecule has 0 spiro atoms. The average Bonchev–Trinajstić information content (AvgIpc) is 3.09. The van der Waals surface area contributed by atoms with E-state index in [4.69, 9.17) is 5.11 Å². The van der Waals surface area contributed by atoms with Crippen molar-refractivity contribution in [3.8, 4) is 11.1 Å². The molecule has 2 aromatic carbocycles. The molecule has 2 aromatic rings. The van der Waals surface area contributed by atoms with Gasteiger partial charge in [0.15, 0.2) is 0 Å². The van der Waals surface area contributed by atoms with Gasteiger partial charge in [-0.2, -0.15) is 0 Å². The molecule has 1 N–H and O–H groups in total. The lowest BCUT2D eigenvalue weighted by molar-refractivity contribution is -0.137. The summed E-state index contributed by atoms with van der Waals surface area (Å²) < 4.78 is 0. The molecule has 0 bridgehead atoms. The molecule has 3 heteroatoms. The minimum atomic E-state index is -0.724. The van der Waals surface area contributed by atoms with Crippen LogP contribution in [0.25, 0.3) is 17.2 Å². The van der Waals surface area contributed by atoms with Gasteiger partial charge in [0, 0.05) is 18.8 Å². The number of aliphatic carboxylic acids is 1. The third-order valence-electron chi connectivity index (χ3n) is 5.86. The summed E-state index contributed by atoms with van der Waals surface area (Å²) in [7, 11) is 0. The first-order valence-electron chi connectivity index (χ1n) is 10.7. The monoisotopic (exact) mass is 390 g/mol. The number of allylic oxidation sites excluding steroid dienone is 1. The molecule has 3 nitrogen and oxygen atoms in total. The summed E-state index contributed by atoms with van der Waals surface area (Å²) in [5.74, 6) is 0.132. The first-order valence-corrected chi connectivity index (χ1v) is 10.7. The Morgan fingerprint density at radius 2 is 1.62 bits per heavy atom. The third-order valence-corrected chi connectivity index (χ3v) is 5.86. The minimum absolute atomic E-state index is 0.134. The van der Waals surface area contributed by atoms with Crippen molar-refractivity contribution in [3.05, 3.63) is 66.2 Å². The molecule has 0 aliphatic heterocycles. The van der Waals surface area contributed by atoms with Crippen molar-refractivity contribution < 1.29 is 14.7 Å². The Morgan fingerprint density at radius 3 is 2.34 bits per heavy atom. The molecule has 0 amide bonds. The van der Waals surface area contributed by atoms with E-state index in [9.17, 15) is 9.59 Å². The molecule has 1 aliphatic rings. The second kappa shape index (κ2) is 10.8. The van der Waals surface area contributed by atoms with Gasteiger partial charge < -0.3 is 5.11 Å². The topological polar surface area (TPSA) is 54.4 Å². The highest BCUT2D eigenvalue weighted by Crippen LogP contribution is 2.34. The third kappa shape index (κ3) is 6.42. The van der Waals surface area contributed by atoms with Gasteiger partial charge in [0.2, 0.25) is 0 Å². The fourth-order valence-corrected chi connectivity index (χ4v) is 4.19. The number of carboxylic acid groups (broad SMARTS) is 1. The molecule has 0 radical (unpaired) electrons. The molecule has 0 saturated heterocycles. The largest absolute Gasteiger partial charge is 0.481 e. The number of hydrogen-bond donors (Lipinski definition) is 1. The molecule has 152 valence electrons. The quantitative estimate of drug-likeness (QED) is 0.478. The van der Waals surface area contributed by atoms with Crippen LogP contribution in [0.4, 0.5) is 0 Å². The molecule has 2 unspecified atom stereocenters. The zero-order chi connectivity index (χ0) is 20.5. The van der Waals surface area contributed by atoms with Gasteiger partial charge in [-0.3, -0.25) is 9.59 Å². The van der Waals surface area contributed by atoms with Gasteiger partial charge in [-0.1, -0.05) is 86.0 Å². The molecular formula is C26H30O3. The number of benzene rings is 2. The molecule has 0 aromatic heterocycles. The van der Waals surface area contributed by atoms with Gasteiger partial charge in [0.05, 0.1) is 0 Å². The Kier molecular flexibility index (Phi) is 7.80. The standard InChI is InChI=1S/C26H30O3/c27-25-19-18-23(24(25)10-6-1-2-7-11-26(28)29)17-14-20-12-15-22(16-13-20)21-8-4-3-5-9-21/h3-5,8-9,12-17,23-24H,1-2,6-7,10-11,18-19H2,(H,28,29). The van der Waals surface area contributed by atoms with E-state index in [0.29, 0.717) is 18.1 Å². The number of carbonyl (C=O) groups excluding carboxylic acids is 1. The van der Waals surface area contributed by atoms with Crippen LogP contribution in [0.1, 0.15) is 56.9 Å². The highest BCUT2D eigenvalue weighted by molar-refractivity contribution is 5.84. The van der Waals surface area contributed by atoms with E-state index in [1.807, 2.05) is 18.2 Å². The molecule has 1 fully saturated rings. The zero-order valence-electron chi connectivity index (χ0n) is 16.9. The first-order chi connectivity index (χ1) is 14.1. The minimum Gasteiger partial charge on any atom is -0.481 e. The van der Waals surface area contributed by atoms with Crippen molar-refractivity contribution in [2.75, 3.05) is 0 Å². The van der Waals surface area contributed by atoms with Crippen LogP contribution in [0.15, 0.2) is 60.7 Å². The molecule has 1 saturated carbocycles. The number of ketones is 1. The van der Waals surface area contributed by atoms with Crippen LogP contribution in [-0.2, 0) is 9.59 Å². The highest BCUT2D eigenvalue weighted by atomic mass is 16.4. The van der Waals surface area contributed by atoms with Gasteiger partial charge in [0.1, 0.15) is 5.78 Å². The number of rotatable bonds is 10. The summed E-state index contributed by atoms with van der Waals surface area (Å²) in [6.45, 7) is 0. The highest BCUT2D eigenvalue weighted by Gasteiger charge is 2.32. The molecule has 0 heterocycles. The van der Waals surface area contributed by atoms with Crippen molar-refractivity contribution in [2.24, 2.45) is 11.8 Å². The maximum atomic E-state index is 12.3. The van der Waals surface area contributed by atoms with E-state index in [0.717, 1.165) is 44.1 Å². The van der Waals surface area contributed by atoms with Crippen LogP contribution >= 0.6 is 0 Å². The smallest absolute Gasteiger partial charge is 0.303 e. The molecule has 3 rings (SSSR count). The number of Topliss-reactive ketones (excluding diaryl/α,β-unsaturated/α-hetero) is 1. The van der Waals surface area contributed by atoms with E-state index in [2.05, 4.69) is 48.6 Å². The van der Waals surface area contributed by atoms with Crippen molar-refractivity contribution in [3.63, 3.8) is 0 Å². The Labute approximate surface area is 173 Å². The fourth-order valence-electron chi connectivity index (χ4n) is 4.19. The van der Waals surface area contributed by atoms with E-state index >= 15 is 0 Å². The Morgan fingerprint density at radius 1 is 0.931 bits per heavy atom. The summed E-state index contributed by atoms with van der Waals surface area (Å²) in [4.78, 5) is 22.8. The van der Waals surface area contributed by atoms with E-state index in [1.165, 1.54) is 11.1 Å². The van der Waals surface area contributed by atoms with Crippen LogP contribution in [0.2, 0.25) is 0 Å². The van der Waals surface area contributed by atoms with Crippen molar-refractivity contribution in [2.45, 2.75) is 51.4 Å². The Balaban J connectivity index is 1.50. The maximum absolute atomic E-state index is 12.3. The van der Waals surface area contributed by atoms with Crippen LogP contribution < -0.4 is 0 Å². The zero-order valence-corrected chi connectivity index (χ0v) is 16.9. The number of unbranched alkanes of at least 4 members (excludes halogenated alkanes) is 3. The van der Waals surface area contributed by atoms with Crippen LogP contribution in [0, 0.1) is 11.8 Å². The summed E-state index contributed by atoms with van der Waals surface area (Å²) >= 11 is 0. The summed E-state index contributed by atoms with van der Waals surface area (Å²) in [6, 6.07) is 18.9. The van der Waals surface area contributed by atoms with Gasteiger partial charge in [-0.05, 0) is 41.9 Å². The van der Waals surface area contributed by atoms with E-state index in [1.54, 1.807) is 0 Å². The lowest BCUT2D eigenvalue weighted by Gasteiger charge is -2.14. The van der Waals surface area contributed by atoms with Crippen molar-refractivity contribution in [1.29, 1.82) is 0 Å². The fraction of sp³-hybridized carbons (Fsp3) is 0.385. The maximum Gasteiger partial charge on any atom is 0.303 e. The Hall–Kier alpha value is -2.68. The summed E-state index contributed by atoms with van der Waals surface area (Å²) in [5, 5.41) is 8.69. The van der Waals surface area contributed by atoms with Crippen LogP contribution in [0.5, 0.6) is 0 Å². The van der Waals surface area contributed by atoms with Crippen molar-refractivity contribution in [1.82, 2.24) is 0 Å². The van der Waals surface area contributed by atoms with Crippen LogP contribution in [-0.4, -0.2) is 16.9 Å². The molecular weight excluding hydrogens is 360 g/mol. The van der Waals surface area contributed by atoms with Gasteiger partial charge in [-0.15, -0.1) is 0 Å². The lowest BCUT2D eigenvalue weighted by Crippen LogP contribution is -2.13. The second-order valence-corrected chi connectivity index (χ2v) is 7.97. The van der Waals surface area contributed by atoms with Gasteiger partial charge in [0.25, 0.3) is 0 Å². The van der Waals surface area contributed by atoms with Crippen LogP contribution in [0.3, 0.4) is 0 Å². The molecule has 29 heavy (non-hydrogen) atoms. The summed E-state index contributed by atoms with van der Waals surface area (Å²) in [6.07, 6.45) is 10.9. The number of carboxylic acids is 1. The lowest BCUT2D eigenvalue weighted by atomic mass is 9.89. The SMILES string of the molecule is O=C(O)CCCCCCC1C(=O)CCC1C=Cc1ccc(-c2ccccc2)cc1. The first kappa shape index (κ1) is 21.0. The Bertz CT molecular complexity index is 821. The molecule has 2 atom stereocenters. The predicted molar refractivity (Wildman–Crippen MR) is 117 cm³/mol. The van der Waals surface area contributed by atoms with Gasteiger partial charge >= 0.3 is 5.97 Å². The number of hydrogen-bond acceptors (Lipinski definition) is 2. The second-order valence-electron chi connectivity index (χ2n) is 7.97.